The van der Waals surface area contributed by atoms with E-state index in [0.717, 1.165) is 5.56 Å². The van der Waals surface area contributed by atoms with E-state index in [2.05, 4.69) is 5.32 Å². The minimum atomic E-state index is -4.12. The summed E-state index contributed by atoms with van der Waals surface area (Å²) in [6.45, 7) is 1.81. The van der Waals surface area contributed by atoms with Gasteiger partial charge in [-0.25, -0.2) is 0 Å². The number of rotatable bonds is 2. The standard InChI is InChI=1S/C15H19F3N2O/c1-9-8-10(2-7-13(9)19)14(21)20-12-5-3-11(4-6-12)15(16,17)18/h2,7-8,11-12H,3-6,19H2,1H3,(H,20,21). The highest BCUT2D eigenvalue weighted by atomic mass is 19.4. The Balaban J connectivity index is 1.91. The number of anilines is 1. The van der Waals surface area contributed by atoms with Crippen molar-refractivity contribution in [1.82, 2.24) is 5.32 Å². The van der Waals surface area contributed by atoms with Crippen molar-refractivity contribution in [2.75, 3.05) is 5.73 Å². The van der Waals surface area contributed by atoms with Gasteiger partial charge < -0.3 is 11.1 Å². The number of hydrogen-bond acceptors (Lipinski definition) is 2. The Morgan fingerprint density at radius 3 is 2.38 bits per heavy atom. The van der Waals surface area contributed by atoms with Gasteiger partial charge in [0.1, 0.15) is 0 Å². The highest BCUT2D eigenvalue weighted by molar-refractivity contribution is 5.95. The van der Waals surface area contributed by atoms with E-state index in [1.807, 2.05) is 0 Å². The number of halogens is 3. The van der Waals surface area contributed by atoms with Crippen LogP contribution in [0, 0.1) is 12.8 Å². The predicted octanol–water partition coefficient (Wildman–Crippen LogP) is 3.43. The number of benzene rings is 1. The fourth-order valence-electron chi connectivity index (χ4n) is 2.65. The van der Waals surface area contributed by atoms with Gasteiger partial charge in [-0.1, -0.05) is 0 Å². The van der Waals surface area contributed by atoms with E-state index in [1.54, 1.807) is 25.1 Å². The van der Waals surface area contributed by atoms with Gasteiger partial charge in [0.15, 0.2) is 0 Å². The molecule has 1 aliphatic rings. The van der Waals surface area contributed by atoms with Crippen LogP contribution >= 0.6 is 0 Å². The first-order valence-electron chi connectivity index (χ1n) is 7.01. The van der Waals surface area contributed by atoms with Crippen molar-refractivity contribution in [3.8, 4) is 0 Å². The first-order chi connectivity index (χ1) is 9.77. The molecule has 0 unspecified atom stereocenters. The van der Waals surface area contributed by atoms with Gasteiger partial charge in [0.2, 0.25) is 0 Å². The summed E-state index contributed by atoms with van der Waals surface area (Å²) in [4.78, 5) is 12.1. The van der Waals surface area contributed by atoms with Crippen molar-refractivity contribution >= 4 is 11.6 Å². The van der Waals surface area contributed by atoms with Crippen LogP contribution in [0.2, 0.25) is 0 Å². The zero-order chi connectivity index (χ0) is 15.6. The smallest absolute Gasteiger partial charge is 0.391 e. The van der Waals surface area contributed by atoms with E-state index in [4.69, 9.17) is 5.73 Å². The lowest BCUT2D eigenvalue weighted by Crippen LogP contribution is -2.40. The van der Waals surface area contributed by atoms with Crippen molar-refractivity contribution in [2.24, 2.45) is 5.92 Å². The number of carbonyl (C=O) groups excluding carboxylic acids is 1. The molecule has 1 aromatic rings. The van der Waals surface area contributed by atoms with E-state index >= 15 is 0 Å². The van der Waals surface area contributed by atoms with Crippen LogP contribution < -0.4 is 11.1 Å². The number of nitrogen functional groups attached to an aromatic ring is 1. The van der Waals surface area contributed by atoms with Gasteiger partial charge in [0.05, 0.1) is 5.92 Å². The number of nitrogens with one attached hydrogen (secondary N) is 1. The molecule has 0 heterocycles. The third kappa shape index (κ3) is 3.89. The van der Waals surface area contributed by atoms with Gasteiger partial charge in [-0.05, 0) is 56.4 Å². The van der Waals surface area contributed by atoms with Crippen LogP contribution in [0.1, 0.15) is 41.6 Å². The molecule has 3 N–H and O–H groups in total. The summed E-state index contributed by atoms with van der Waals surface area (Å²) in [6.07, 6.45) is -3.23. The lowest BCUT2D eigenvalue weighted by Gasteiger charge is -2.30. The second-order valence-corrected chi connectivity index (χ2v) is 5.63. The summed E-state index contributed by atoms with van der Waals surface area (Å²) in [7, 11) is 0. The van der Waals surface area contributed by atoms with Crippen LogP contribution in [0.25, 0.3) is 0 Å². The monoisotopic (exact) mass is 300 g/mol. The first kappa shape index (κ1) is 15.7. The molecule has 3 nitrogen and oxygen atoms in total. The quantitative estimate of drug-likeness (QED) is 0.822. The molecule has 0 aromatic heterocycles. The van der Waals surface area contributed by atoms with Crippen molar-refractivity contribution in [2.45, 2.75) is 44.8 Å². The van der Waals surface area contributed by atoms with Gasteiger partial charge in [-0.15, -0.1) is 0 Å². The third-order valence-corrected chi connectivity index (χ3v) is 4.06. The molecular weight excluding hydrogens is 281 g/mol. The Morgan fingerprint density at radius 1 is 1.24 bits per heavy atom. The Bertz CT molecular complexity index is 520. The Kier molecular flexibility index (Phi) is 4.44. The summed E-state index contributed by atoms with van der Waals surface area (Å²) < 4.78 is 37.7. The minimum Gasteiger partial charge on any atom is -0.399 e. The van der Waals surface area contributed by atoms with Gasteiger partial charge >= 0.3 is 6.18 Å². The topological polar surface area (TPSA) is 55.1 Å². The van der Waals surface area contributed by atoms with Gasteiger partial charge in [0.25, 0.3) is 5.91 Å². The molecule has 0 saturated heterocycles. The fourth-order valence-corrected chi connectivity index (χ4v) is 2.65. The lowest BCUT2D eigenvalue weighted by molar-refractivity contribution is -0.182. The normalized spacial score (nSPS) is 22.9. The first-order valence-corrected chi connectivity index (χ1v) is 7.01. The minimum absolute atomic E-state index is 0.0786. The maximum Gasteiger partial charge on any atom is 0.391 e. The summed E-state index contributed by atoms with van der Waals surface area (Å²) in [5.74, 6) is -1.49. The average Bonchev–Trinajstić information content (AvgIpc) is 2.41. The maximum absolute atomic E-state index is 12.6. The van der Waals surface area contributed by atoms with Crippen molar-refractivity contribution in [3.63, 3.8) is 0 Å². The van der Waals surface area contributed by atoms with Crippen LogP contribution in [0.15, 0.2) is 18.2 Å². The zero-order valence-electron chi connectivity index (χ0n) is 11.8. The molecule has 1 aliphatic carbocycles. The largest absolute Gasteiger partial charge is 0.399 e. The molecule has 116 valence electrons. The van der Waals surface area contributed by atoms with Crippen LogP contribution in [-0.4, -0.2) is 18.1 Å². The van der Waals surface area contributed by atoms with Gasteiger partial charge in [-0.3, -0.25) is 4.79 Å². The zero-order valence-corrected chi connectivity index (χ0v) is 11.8. The summed E-state index contributed by atoms with van der Waals surface area (Å²) in [6, 6.07) is 4.78. The maximum atomic E-state index is 12.6. The SMILES string of the molecule is Cc1cc(C(=O)NC2CCC(C(F)(F)F)CC2)ccc1N. The molecule has 0 spiro atoms. The number of nitrogens with two attached hydrogens (primary N) is 1. The summed E-state index contributed by atoms with van der Waals surface area (Å²) >= 11 is 0. The second kappa shape index (κ2) is 5.95. The van der Waals surface area contributed by atoms with Crippen LogP contribution in [0.4, 0.5) is 18.9 Å². The molecule has 1 aromatic carbocycles. The Hall–Kier alpha value is -1.72. The highest BCUT2D eigenvalue weighted by Gasteiger charge is 2.41. The van der Waals surface area contributed by atoms with Crippen LogP contribution in [-0.2, 0) is 0 Å². The Morgan fingerprint density at radius 2 is 1.86 bits per heavy atom. The third-order valence-electron chi connectivity index (χ3n) is 4.06. The Labute approximate surface area is 121 Å². The van der Waals surface area contributed by atoms with Crippen LogP contribution in [0.5, 0.6) is 0 Å². The van der Waals surface area contributed by atoms with Gasteiger partial charge in [0, 0.05) is 17.3 Å². The van der Waals surface area contributed by atoms with Crippen molar-refractivity contribution in [3.05, 3.63) is 29.3 Å². The molecule has 2 rings (SSSR count). The molecule has 1 saturated carbocycles. The molecular formula is C15H19F3N2O. The molecule has 1 amide bonds. The van der Waals surface area contributed by atoms with E-state index in [9.17, 15) is 18.0 Å². The number of aryl methyl sites for hydroxylation is 1. The van der Waals surface area contributed by atoms with Gasteiger partial charge in [-0.2, -0.15) is 13.2 Å². The summed E-state index contributed by atoms with van der Waals surface area (Å²) in [5.41, 5.74) is 7.59. The van der Waals surface area contributed by atoms with E-state index < -0.39 is 12.1 Å². The van der Waals surface area contributed by atoms with Crippen molar-refractivity contribution in [1.29, 1.82) is 0 Å². The average molecular weight is 300 g/mol. The van der Waals surface area contributed by atoms with Crippen LogP contribution in [0.3, 0.4) is 0 Å². The molecule has 21 heavy (non-hydrogen) atoms. The molecule has 0 radical (unpaired) electrons. The predicted molar refractivity (Wildman–Crippen MR) is 74.9 cm³/mol. The molecule has 0 bridgehead atoms. The number of alkyl halides is 3. The summed E-state index contributed by atoms with van der Waals surface area (Å²) in [5, 5.41) is 2.81. The number of hydrogen-bond donors (Lipinski definition) is 2. The lowest BCUT2D eigenvalue weighted by atomic mass is 9.85. The highest BCUT2D eigenvalue weighted by Crippen LogP contribution is 2.37. The molecule has 0 aliphatic heterocycles. The molecule has 6 heteroatoms. The number of carbonyl (C=O) groups is 1. The van der Waals surface area contributed by atoms with E-state index in [1.165, 1.54) is 0 Å². The van der Waals surface area contributed by atoms with E-state index in [-0.39, 0.29) is 24.8 Å². The molecule has 1 fully saturated rings. The van der Waals surface area contributed by atoms with E-state index in [0.29, 0.717) is 24.1 Å². The molecule has 0 atom stereocenters. The van der Waals surface area contributed by atoms with Crippen molar-refractivity contribution < 1.29 is 18.0 Å². The fraction of sp³-hybridized carbons (Fsp3) is 0.533. The second-order valence-electron chi connectivity index (χ2n) is 5.63. The number of amides is 1.